The first-order valence-corrected chi connectivity index (χ1v) is 6.05. The summed E-state index contributed by atoms with van der Waals surface area (Å²) < 4.78 is 16.5. The van der Waals surface area contributed by atoms with Gasteiger partial charge in [0.1, 0.15) is 5.82 Å². The van der Waals surface area contributed by atoms with Gasteiger partial charge >= 0.3 is 5.97 Å². The van der Waals surface area contributed by atoms with Gasteiger partial charge in [-0.15, -0.1) is 0 Å². The first-order chi connectivity index (χ1) is 7.56. The Bertz CT molecular complexity index is 384. The zero-order valence-electron chi connectivity index (χ0n) is 9.16. The molecule has 0 heterocycles. The third kappa shape index (κ3) is 3.21. The molecule has 1 atom stereocenters. The number of benzene rings is 1. The summed E-state index contributed by atoms with van der Waals surface area (Å²) in [6.07, 6.45) is 1.86. The summed E-state index contributed by atoms with van der Waals surface area (Å²) in [5, 5.41) is 8.80. The van der Waals surface area contributed by atoms with Crippen LogP contribution < -0.4 is 4.72 Å². The van der Waals surface area contributed by atoms with Crippen LogP contribution in [-0.2, 0) is 11.3 Å². The number of rotatable bonds is 5. The first kappa shape index (κ1) is 13.0. The molecule has 3 nitrogen and oxygen atoms in total. The van der Waals surface area contributed by atoms with Crippen molar-refractivity contribution in [1.29, 1.82) is 0 Å². The van der Waals surface area contributed by atoms with Crippen molar-refractivity contribution in [2.45, 2.75) is 19.4 Å². The highest BCUT2D eigenvalue weighted by molar-refractivity contribution is 7.96. The van der Waals surface area contributed by atoms with Crippen molar-refractivity contribution in [1.82, 2.24) is 4.72 Å². The lowest BCUT2D eigenvalue weighted by Gasteiger charge is -2.09. The van der Waals surface area contributed by atoms with Gasteiger partial charge in [0.15, 0.2) is 0 Å². The third-order valence-electron chi connectivity index (χ3n) is 2.35. The second-order valence-corrected chi connectivity index (χ2v) is 4.13. The van der Waals surface area contributed by atoms with Gasteiger partial charge in [-0.25, -0.2) is 4.39 Å². The Hall–Kier alpha value is -1.07. The maximum absolute atomic E-state index is 13.6. The average molecular weight is 243 g/mol. The molecule has 0 aliphatic carbocycles. The standard InChI is InChI=1S/C11H14FNO2S/c1-7(11(14)15)8-3-4-9(6-13-16-2)10(12)5-8/h3-5,7,13H,6H2,1-2H3,(H,14,15). The summed E-state index contributed by atoms with van der Waals surface area (Å²) in [6, 6.07) is 4.56. The second kappa shape index (κ2) is 5.86. The largest absolute Gasteiger partial charge is 0.481 e. The highest BCUT2D eigenvalue weighted by Crippen LogP contribution is 2.19. The van der Waals surface area contributed by atoms with Crippen LogP contribution in [0.1, 0.15) is 24.0 Å². The molecule has 0 fully saturated rings. The van der Waals surface area contributed by atoms with Crippen LogP contribution in [0.3, 0.4) is 0 Å². The van der Waals surface area contributed by atoms with Gasteiger partial charge in [-0.1, -0.05) is 24.1 Å². The highest BCUT2D eigenvalue weighted by Gasteiger charge is 2.15. The van der Waals surface area contributed by atoms with Crippen molar-refractivity contribution < 1.29 is 14.3 Å². The molecule has 0 saturated carbocycles. The zero-order valence-corrected chi connectivity index (χ0v) is 9.97. The van der Waals surface area contributed by atoms with Crippen LogP contribution in [0, 0.1) is 5.82 Å². The lowest BCUT2D eigenvalue weighted by molar-refractivity contribution is -0.138. The molecule has 1 aromatic rings. The van der Waals surface area contributed by atoms with Crippen molar-refractivity contribution in [3.8, 4) is 0 Å². The van der Waals surface area contributed by atoms with E-state index >= 15 is 0 Å². The summed E-state index contributed by atoms with van der Waals surface area (Å²) in [5.74, 6) is -2.00. The van der Waals surface area contributed by atoms with Crippen LogP contribution in [0.5, 0.6) is 0 Å². The van der Waals surface area contributed by atoms with Gasteiger partial charge in [0, 0.05) is 12.1 Å². The summed E-state index contributed by atoms with van der Waals surface area (Å²) in [7, 11) is 0. The predicted molar refractivity (Wildman–Crippen MR) is 62.8 cm³/mol. The minimum atomic E-state index is -0.950. The predicted octanol–water partition coefficient (Wildman–Crippen LogP) is 2.38. The molecule has 88 valence electrons. The minimum Gasteiger partial charge on any atom is -0.481 e. The van der Waals surface area contributed by atoms with Crippen LogP contribution in [0.2, 0.25) is 0 Å². The van der Waals surface area contributed by atoms with Crippen LogP contribution in [0.4, 0.5) is 4.39 Å². The fourth-order valence-corrected chi connectivity index (χ4v) is 1.57. The van der Waals surface area contributed by atoms with Crippen LogP contribution in [-0.4, -0.2) is 17.3 Å². The molecule has 1 aromatic carbocycles. The van der Waals surface area contributed by atoms with E-state index in [0.29, 0.717) is 17.7 Å². The smallest absolute Gasteiger partial charge is 0.310 e. The number of carbonyl (C=O) groups is 1. The molecule has 0 aromatic heterocycles. The van der Waals surface area contributed by atoms with Gasteiger partial charge in [0.25, 0.3) is 0 Å². The van der Waals surface area contributed by atoms with Gasteiger partial charge in [0.2, 0.25) is 0 Å². The number of hydrogen-bond acceptors (Lipinski definition) is 3. The number of carboxylic acids is 1. The molecule has 1 unspecified atom stereocenters. The van der Waals surface area contributed by atoms with E-state index in [0.717, 1.165) is 0 Å². The lowest BCUT2D eigenvalue weighted by atomic mass is 10.00. The Balaban J connectivity index is 2.86. The molecule has 0 bridgehead atoms. The molecular formula is C11H14FNO2S. The van der Waals surface area contributed by atoms with E-state index in [2.05, 4.69) is 4.72 Å². The Morgan fingerprint density at radius 1 is 1.62 bits per heavy atom. The minimum absolute atomic E-state index is 0.368. The fourth-order valence-electron chi connectivity index (χ4n) is 1.27. The first-order valence-electron chi connectivity index (χ1n) is 4.83. The number of aliphatic carboxylic acids is 1. The Kier molecular flexibility index (Phi) is 4.76. The summed E-state index contributed by atoms with van der Waals surface area (Å²) in [5.41, 5.74) is 1.02. The van der Waals surface area contributed by atoms with Crippen molar-refractivity contribution in [3.05, 3.63) is 35.1 Å². The monoisotopic (exact) mass is 243 g/mol. The molecule has 0 spiro atoms. The van der Waals surface area contributed by atoms with Gasteiger partial charge in [-0.2, -0.15) is 0 Å². The molecule has 0 saturated heterocycles. The van der Waals surface area contributed by atoms with E-state index in [4.69, 9.17) is 5.11 Å². The molecule has 0 amide bonds. The maximum atomic E-state index is 13.6. The SMILES string of the molecule is CSNCc1ccc(C(C)C(=O)O)cc1F. The van der Waals surface area contributed by atoms with Crippen LogP contribution in [0.25, 0.3) is 0 Å². The molecule has 0 aliphatic rings. The van der Waals surface area contributed by atoms with Crippen LogP contribution in [0.15, 0.2) is 18.2 Å². The number of hydrogen-bond donors (Lipinski definition) is 2. The van der Waals surface area contributed by atoms with E-state index < -0.39 is 11.9 Å². The van der Waals surface area contributed by atoms with Crippen molar-refractivity contribution >= 4 is 17.9 Å². The van der Waals surface area contributed by atoms with E-state index in [1.165, 1.54) is 24.9 Å². The molecule has 5 heteroatoms. The number of nitrogens with one attached hydrogen (secondary N) is 1. The van der Waals surface area contributed by atoms with Crippen molar-refractivity contribution in [3.63, 3.8) is 0 Å². The Labute approximate surface area is 98.2 Å². The summed E-state index contributed by atoms with van der Waals surface area (Å²) >= 11 is 1.41. The molecule has 16 heavy (non-hydrogen) atoms. The Morgan fingerprint density at radius 2 is 2.31 bits per heavy atom. The van der Waals surface area contributed by atoms with E-state index in [1.54, 1.807) is 12.1 Å². The number of halogens is 1. The van der Waals surface area contributed by atoms with Gasteiger partial charge < -0.3 is 5.11 Å². The van der Waals surface area contributed by atoms with E-state index in [1.807, 2.05) is 6.26 Å². The molecule has 0 aliphatic heterocycles. The third-order valence-corrected chi connectivity index (χ3v) is 2.79. The maximum Gasteiger partial charge on any atom is 0.310 e. The van der Waals surface area contributed by atoms with Gasteiger partial charge in [0.05, 0.1) is 5.92 Å². The lowest BCUT2D eigenvalue weighted by Crippen LogP contribution is -2.09. The van der Waals surface area contributed by atoms with Gasteiger partial charge in [-0.05, 0) is 24.8 Å². The quantitative estimate of drug-likeness (QED) is 0.780. The fraction of sp³-hybridized carbons (Fsp3) is 0.364. The molecule has 1 rings (SSSR count). The van der Waals surface area contributed by atoms with Crippen molar-refractivity contribution in [2.75, 3.05) is 6.26 Å². The van der Waals surface area contributed by atoms with Crippen molar-refractivity contribution in [2.24, 2.45) is 0 Å². The van der Waals surface area contributed by atoms with Gasteiger partial charge in [-0.3, -0.25) is 9.52 Å². The zero-order chi connectivity index (χ0) is 12.1. The average Bonchev–Trinajstić information content (AvgIpc) is 2.26. The topological polar surface area (TPSA) is 49.3 Å². The molecule has 2 N–H and O–H groups in total. The Morgan fingerprint density at radius 3 is 2.81 bits per heavy atom. The molecule has 0 radical (unpaired) electrons. The highest BCUT2D eigenvalue weighted by atomic mass is 32.2. The second-order valence-electron chi connectivity index (χ2n) is 3.44. The van der Waals surface area contributed by atoms with E-state index in [-0.39, 0.29) is 5.82 Å². The summed E-state index contributed by atoms with van der Waals surface area (Å²) in [4.78, 5) is 10.7. The van der Waals surface area contributed by atoms with E-state index in [9.17, 15) is 9.18 Å². The van der Waals surface area contributed by atoms with Crippen LogP contribution >= 0.6 is 11.9 Å². The number of carboxylic acid groups (broad SMARTS) is 1. The normalized spacial score (nSPS) is 12.4. The summed E-state index contributed by atoms with van der Waals surface area (Å²) in [6.45, 7) is 1.96. The molecular weight excluding hydrogens is 229 g/mol.